The average molecular weight is 597 g/mol. The molecule has 9 heteroatoms. The third-order valence-corrected chi connectivity index (χ3v) is 7.72. The Hall–Kier alpha value is -4.89. The maximum atomic E-state index is 14.2. The summed E-state index contributed by atoms with van der Waals surface area (Å²) in [7, 11) is 1.56. The molecular formula is C34H32N2O6S. The number of benzene rings is 3. The first-order chi connectivity index (χ1) is 21.0. The summed E-state index contributed by atoms with van der Waals surface area (Å²) in [6.45, 7) is 8.36. The number of aromatic nitrogens is 1. The molecule has 0 spiro atoms. The molecule has 0 amide bonds. The molecule has 0 N–H and O–H groups in total. The van der Waals surface area contributed by atoms with E-state index in [9.17, 15) is 9.59 Å². The molecule has 1 aromatic heterocycles. The van der Waals surface area contributed by atoms with Gasteiger partial charge in [0.2, 0.25) is 0 Å². The van der Waals surface area contributed by atoms with Crippen LogP contribution < -0.4 is 29.1 Å². The number of rotatable bonds is 11. The van der Waals surface area contributed by atoms with Crippen molar-refractivity contribution in [1.82, 2.24) is 4.57 Å². The third-order valence-electron chi connectivity index (χ3n) is 6.74. The van der Waals surface area contributed by atoms with Crippen molar-refractivity contribution in [3.63, 3.8) is 0 Å². The van der Waals surface area contributed by atoms with Crippen LogP contribution in [0.5, 0.6) is 17.2 Å². The lowest BCUT2D eigenvalue weighted by Crippen LogP contribution is -2.40. The van der Waals surface area contributed by atoms with Crippen LogP contribution in [0.3, 0.4) is 0 Å². The molecule has 2 heterocycles. The van der Waals surface area contributed by atoms with Gasteiger partial charge in [0, 0.05) is 11.1 Å². The highest BCUT2D eigenvalue weighted by Crippen LogP contribution is 2.36. The molecule has 3 aromatic carbocycles. The molecule has 43 heavy (non-hydrogen) atoms. The van der Waals surface area contributed by atoms with Crippen molar-refractivity contribution in [3.05, 3.63) is 127 Å². The van der Waals surface area contributed by atoms with Gasteiger partial charge in [-0.05, 0) is 43.7 Å². The highest BCUT2D eigenvalue weighted by molar-refractivity contribution is 7.07. The van der Waals surface area contributed by atoms with Gasteiger partial charge in [-0.25, -0.2) is 9.79 Å². The number of ether oxygens (including phenoxy) is 4. The van der Waals surface area contributed by atoms with E-state index in [1.54, 1.807) is 36.8 Å². The molecule has 0 bridgehead atoms. The number of carbonyl (C=O) groups is 1. The molecule has 0 aliphatic carbocycles. The topological polar surface area (TPSA) is 88.4 Å². The molecular weight excluding hydrogens is 564 g/mol. The second kappa shape index (κ2) is 13.4. The molecule has 1 aliphatic heterocycles. The van der Waals surface area contributed by atoms with Crippen molar-refractivity contribution in [2.24, 2.45) is 4.99 Å². The standard InChI is InChI=1S/C34H32N2O6S/c1-5-20-42-31-24(14-11-15-26(31)39-4)21-27-32(37)36-30(23-16-18-25(19-17-23)40-6-2)28(33(38)41-7-3)29(35-34(36)43-27)22-12-9-8-10-13-22/h5,8-19,21,30H,1,6-7,20H2,2-4H3/b27-21-/t30-/m1/s1. The summed E-state index contributed by atoms with van der Waals surface area (Å²) in [5.41, 5.74) is 2.58. The molecule has 220 valence electrons. The van der Waals surface area contributed by atoms with Gasteiger partial charge in [0.15, 0.2) is 16.3 Å². The van der Waals surface area contributed by atoms with Crippen molar-refractivity contribution in [2.45, 2.75) is 19.9 Å². The van der Waals surface area contributed by atoms with Crippen LogP contribution in [0.25, 0.3) is 11.8 Å². The Kier molecular flexibility index (Phi) is 9.22. The van der Waals surface area contributed by atoms with E-state index in [2.05, 4.69) is 6.58 Å². The minimum Gasteiger partial charge on any atom is -0.494 e. The van der Waals surface area contributed by atoms with E-state index >= 15 is 0 Å². The van der Waals surface area contributed by atoms with Gasteiger partial charge in [-0.3, -0.25) is 9.36 Å². The Morgan fingerprint density at radius 2 is 1.77 bits per heavy atom. The van der Waals surface area contributed by atoms with E-state index < -0.39 is 12.0 Å². The van der Waals surface area contributed by atoms with Crippen molar-refractivity contribution >= 4 is 29.1 Å². The van der Waals surface area contributed by atoms with Crippen LogP contribution in [0, 0.1) is 0 Å². The SMILES string of the molecule is C=CCOc1c(/C=c2\sc3n(c2=O)[C@H](c2ccc(OCC)cc2)C(C(=O)OCC)=C(c2ccccc2)N=3)cccc1OC. The predicted octanol–water partition coefficient (Wildman–Crippen LogP) is 4.91. The number of fused-ring (bicyclic) bond motifs is 1. The maximum Gasteiger partial charge on any atom is 0.338 e. The van der Waals surface area contributed by atoms with Gasteiger partial charge in [-0.1, -0.05) is 78.6 Å². The zero-order valence-electron chi connectivity index (χ0n) is 24.2. The normalized spacial score (nSPS) is 14.5. The molecule has 0 radical (unpaired) electrons. The molecule has 1 aliphatic rings. The Morgan fingerprint density at radius 3 is 2.44 bits per heavy atom. The van der Waals surface area contributed by atoms with Crippen LogP contribution >= 0.6 is 11.3 Å². The summed E-state index contributed by atoms with van der Waals surface area (Å²) in [5.74, 6) is 1.18. The van der Waals surface area contributed by atoms with E-state index in [-0.39, 0.29) is 24.3 Å². The molecule has 4 aromatic rings. The first-order valence-electron chi connectivity index (χ1n) is 13.9. The van der Waals surface area contributed by atoms with Gasteiger partial charge < -0.3 is 18.9 Å². The number of carbonyl (C=O) groups excluding carboxylic acids is 1. The minimum absolute atomic E-state index is 0.175. The molecule has 8 nitrogen and oxygen atoms in total. The number of para-hydroxylation sites is 1. The quantitative estimate of drug-likeness (QED) is 0.181. The summed E-state index contributed by atoms with van der Waals surface area (Å²) in [5, 5.41) is 0. The number of hydrogen-bond donors (Lipinski definition) is 0. The van der Waals surface area contributed by atoms with Crippen LogP contribution in [0.2, 0.25) is 0 Å². The lowest BCUT2D eigenvalue weighted by Gasteiger charge is -2.26. The number of methoxy groups -OCH3 is 1. The van der Waals surface area contributed by atoms with E-state index in [1.165, 1.54) is 11.3 Å². The summed E-state index contributed by atoms with van der Waals surface area (Å²) >= 11 is 1.24. The van der Waals surface area contributed by atoms with Crippen molar-refractivity contribution in [3.8, 4) is 17.2 Å². The molecule has 0 saturated heterocycles. The molecule has 1 atom stereocenters. The minimum atomic E-state index is -0.787. The summed E-state index contributed by atoms with van der Waals surface area (Å²) < 4.78 is 24.6. The average Bonchev–Trinajstić information content (AvgIpc) is 3.34. The van der Waals surface area contributed by atoms with Gasteiger partial charge in [0.1, 0.15) is 12.4 Å². The summed E-state index contributed by atoms with van der Waals surface area (Å²) in [4.78, 5) is 33.2. The Bertz CT molecular complexity index is 1840. The fraction of sp³-hybridized carbons (Fsp3) is 0.206. The van der Waals surface area contributed by atoms with Crippen LogP contribution in [-0.2, 0) is 9.53 Å². The van der Waals surface area contributed by atoms with Crippen LogP contribution in [0.1, 0.15) is 36.6 Å². The van der Waals surface area contributed by atoms with E-state index in [0.717, 1.165) is 11.1 Å². The predicted molar refractivity (Wildman–Crippen MR) is 167 cm³/mol. The lowest BCUT2D eigenvalue weighted by atomic mass is 9.93. The van der Waals surface area contributed by atoms with Gasteiger partial charge in [-0.2, -0.15) is 0 Å². The van der Waals surface area contributed by atoms with Gasteiger partial charge >= 0.3 is 5.97 Å². The maximum absolute atomic E-state index is 14.2. The zero-order valence-corrected chi connectivity index (χ0v) is 25.1. The van der Waals surface area contributed by atoms with E-state index in [4.69, 9.17) is 23.9 Å². The fourth-order valence-electron chi connectivity index (χ4n) is 4.91. The molecule has 0 unspecified atom stereocenters. The smallest absolute Gasteiger partial charge is 0.338 e. The van der Waals surface area contributed by atoms with Crippen LogP contribution in [0.4, 0.5) is 0 Å². The molecule has 0 fully saturated rings. The van der Waals surface area contributed by atoms with Crippen LogP contribution in [-0.4, -0.2) is 37.5 Å². The third kappa shape index (κ3) is 6.03. The van der Waals surface area contributed by atoms with Crippen molar-refractivity contribution in [1.29, 1.82) is 0 Å². The van der Waals surface area contributed by atoms with E-state index in [1.807, 2.05) is 73.7 Å². The Morgan fingerprint density at radius 1 is 1.00 bits per heavy atom. The zero-order chi connectivity index (χ0) is 30.3. The molecule has 5 rings (SSSR count). The second-order valence-corrected chi connectivity index (χ2v) is 10.4. The summed E-state index contributed by atoms with van der Waals surface area (Å²) in [6, 6.07) is 21.5. The van der Waals surface area contributed by atoms with Crippen molar-refractivity contribution in [2.75, 3.05) is 26.9 Å². The largest absolute Gasteiger partial charge is 0.494 e. The lowest BCUT2D eigenvalue weighted by molar-refractivity contribution is -0.138. The highest BCUT2D eigenvalue weighted by Gasteiger charge is 2.35. The Labute approximate surface area is 253 Å². The van der Waals surface area contributed by atoms with Gasteiger partial charge in [0.05, 0.1) is 42.2 Å². The van der Waals surface area contributed by atoms with E-state index in [0.29, 0.717) is 44.4 Å². The van der Waals surface area contributed by atoms with Crippen LogP contribution in [0.15, 0.2) is 101 Å². The monoisotopic (exact) mass is 596 g/mol. The number of thiazole rings is 1. The van der Waals surface area contributed by atoms with Gasteiger partial charge in [0.25, 0.3) is 5.56 Å². The molecule has 0 saturated carbocycles. The summed E-state index contributed by atoms with van der Waals surface area (Å²) in [6.07, 6.45) is 3.40. The first kappa shape index (κ1) is 29.6. The number of nitrogens with zero attached hydrogens (tertiary/aromatic N) is 2. The van der Waals surface area contributed by atoms with Crippen molar-refractivity contribution < 1.29 is 23.7 Å². The second-order valence-electron chi connectivity index (χ2n) is 9.41. The number of esters is 1. The highest BCUT2D eigenvalue weighted by atomic mass is 32.1. The fourth-order valence-corrected chi connectivity index (χ4v) is 5.91. The number of hydrogen-bond acceptors (Lipinski definition) is 8. The first-order valence-corrected chi connectivity index (χ1v) is 14.7. The Balaban J connectivity index is 1.79. The van der Waals surface area contributed by atoms with Gasteiger partial charge in [-0.15, -0.1) is 0 Å².